The van der Waals surface area contributed by atoms with Gasteiger partial charge >= 0.3 is 0 Å². The largest absolute Gasteiger partial charge is 0.504 e. The van der Waals surface area contributed by atoms with Crippen molar-refractivity contribution in [2.24, 2.45) is 5.41 Å². The van der Waals surface area contributed by atoms with Crippen LogP contribution in [0.1, 0.15) is 35.1 Å². The number of likely N-dealkylation sites (N-methyl/N-ethyl adjacent to an activating group) is 1. The Balaban J connectivity index is 1.48. The van der Waals surface area contributed by atoms with Gasteiger partial charge in [0.25, 0.3) is 0 Å². The van der Waals surface area contributed by atoms with Crippen molar-refractivity contribution >= 4 is 5.78 Å². The lowest BCUT2D eigenvalue weighted by atomic mass is 9.44. The van der Waals surface area contributed by atoms with E-state index in [-0.39, 0.29) is 17.6 Å². The van der Waals surface area contributed by atoms with Gasteiger partial charge in [-0.05, 0) is 68.5 Å². The standard InChI is InChI=1S/C25H25NO4/c1-26-9-8-24-19-14-6-7-17(27)20(19)30-22(24)21(28)23(13-25(24,29)18(26)10-14)11-15-4-2-3-5-16(15)12-23/h2-7,18,22,27,29H,8-13H2,1H3/t18-,22?,24+,25-/m1/s1. The van der Waals surface area contributed by atoms with Crippen LogP contribution < -0.4 is 4.74 Å². The van der Waals surface area contributed by atoms with Crippen LogP contribution in [0.4, 0.5) is 0 Å². The third-order valence-corrected chi connectivity index (χ3v) is 9.03. The van der Waals surface area contributed by atoms with Crippen LogP contribution >= 0.6 is 0 Å². The molecule has 30 heavy (non-hydrogen) atoms. The highest BCUT2D eigenvalue weighted by molar-refractivity contribution is 5.96. The Labute approximate surface area is 175 Å². The molecule has 2 bridgehead atoms. The molecule has 2 aliphatic heterocycles. The van der Waals surface area contributed by atoms with E-state index in [0.717, 1.165) is 17.7 Å². The Morgan fingerprint density at radius 1 is 1.10 bits per heavy atom. The van der Waals surface area contributed by atoms with Crippen molar-refractivity contribution in [1.29, 1.82) is 0 Å². The first kappa shape index (κ1) is 17.3. The van der Waals surface area contributed by atoms with Gasteiger partial charge in [-0.25, -0.2) is 0 Å². The maximum absolute atomic E-state index is 14.1. The van der Waals surface area contributed by atoms with Crippen LogP contribution in [-0.2, 0) is 29.5 Å². The monoisotopic (exact) mass is 403 g/mol. The molecule has 2 spiro atoms. The number of likely N-dealkylation sites (tertiary alicyclic amines) is 1. The molecular weight excluding hydrogens is 378 g/mol. The van der Waals surface area contributed by atoms with Gasteiger partial charge in [-0.15, -0.1) is 0 Å². The number of aromatic hydroxyl groups is 1. The van der Waals surface area contributed by atoms with Crippen LogP contribution in [0.15, 0.2) is 36.4 Å². The molecule has 7 rings (SSSR count). The smallest absolute Gasteiger partial charge is 0.181 e. The number of aliphatic hydroxyl groups is 1. The summed E-state index contributed by atoms with van der Waals surface area (Å²) in [4.78, 5) is 16.4. The van der Waals surface area contributed by atoms with E-state index in [1.807, 2.05) is 18.2 Å². The SMILES string of the molecule is CN1CC[C@]23c4c5ccc(O)c4OC2C(=O)C2(Cc4ccccc4C2)C[C@@]3(O)[C@H]1C5. The fourth-order valence-electron chi connectivity index (χ4n) is 7.79. The van der Waals surface area contributed by atoms with E-state index in [1.54, 1.807) is 6.07 Å². The van der Waals surface area contributed by atoms with E-state index in [2.05, 4.69) is 24.1 Å². The van der Waals surface area contributed by atoms with E-state index in [0.29, 0.717) is 37.9 Å². The number of fused-ring (bicyclic) bond motifs is 1. The highest BCUT2D eigenvalue weighted by atomic mass is 16.5. The molecule has 3 aliphatic carbocycles. The average molecular weight is 403 g/mol. The zero-order chi connectivity index (χ0) is 20.5. The summed E-state index contributed by atoms with van der Waals surface area (Å²) in [6.45, 7) is 0.807. The number of hydrogen-bond donors (Lipinski definition) is 2. The lowest BCUT2D eigenvalue weighted by Crippen LogP contribution is -2.79. The molecule has 2 heterocycles. The number of carbonyl (C=O) groups excluding carboxylic acids is 1. The topological polar surface area (TPSA) is 70.0 Å². The van der Waals surface area contributed by atoms with Crippen molar-refractivity contribution in [2.45, 2.75) is 55.3 Å². The third kappa shape index (κ3) is 1.67. The average Bonchev–Trinajstić information content (AvgIpc) is 3.26. The maximum Gasteiger partial charge on any atom is 0.181 e. The van der Waals surface area contributed by atoms with Gasteiger partial charge in [0, 0.05) is 17.0 Å². The minimum Gasteiger partial charge on any atom is -0.504 e. The van der Waals surface area contributed by atoms with Gasteiger partial charge < -0.3 is 19.8 Å². The summed E-state index contributed by atoms with van der Waals surface area (Å²) < 4.78 is 6.33. The number of phenols is 1. The van der Waals surface area contributed by atoms with Gasteiger partial charge in [0.15, 0.2) is 23.4 Å². The van der Waals surface area contributed by atoms with Crippen molar-refractivity contribution in [2.75, 3.05) is 13.6 Å². The second kappa shape index (κ2) is 5.09. The van der Waals surface area contributed by atoms with Crippen LogP contribution in [0.2, 0.25) is 0 Å². The number of phenolic OH excluding ortho intramolecular Hbond substituents is 1. The van der Waals surface area contributed by atoms with E-state index >= 15 is 0 Å². The maximum atomic E-state index is 14.1. The van der Waals surface area contributed by atoms with Crippen molar-refractivity contribution in [3.63, 3.8) is 0 Å². The van der Waals surface area contributed by atoms with Crippen LogP contribution in [0.3, 0.4) is 0 Å². The number of nitrogens with zero attached hydrogens (tertiary/aromatic N) is 1. The van der Waals surface area contributed by atoms with Crippen molar-refractivity contribution in [3.05, 3.63) is 58.7 Å². The van der Waals surface area contributed by atoms with E-state index < -0.39 is 22.5 Å². The number of Topliss-reactive ketones (excluding diaryl/α,β-unsaturated/α-hetero) is 1. The predicted molar refractivity (Wildman–Crippen MR) is 110 cm³/mol. The summed E-state index contributed by atoms with van der Waals surface area (Å²) in [7, 11) is 2.08. The van der Waals surface area contributed by atoms with Crippen molar-refractivity contribution in [3.8, 4) is 11.5 Å². The molecule has 2 aromatic carbocycles. The van der Waals surface area contributed by atoms with Crippen LogP contribution in [-0.4, -0.2) is 52.2 Å². The number of ether oxygens (including phenoxy) is 1. The van der Waals surface area contributed by atoms with Crippen molar-refractivity contribution < 1.29 is 19.7 Å². The van der Waals surface area contributed by atoms with Gasteiger partial charge in [-0.1, -0.05) is 30.3 Å². The predicted octanol–water partition coefficient (Wildman–Crippen LogP) is 2.14. The molecule has 0 aromatic heterocycles. The number of carbonyl (C=O) groups is 1. The molecule has 2 fully saturated rings. The Hall–Kier alpha value is -2.37. The highest BCUT2D eigenvalue weighted by Gasteiger charge is 2.77. The van der Waals surface area contributed by atoms with E-state index in [1.165, 1.54) is 11.1 Å². The normalized spacial score (nSPS) is 37.1. The Bertz CT molecular complexity index is 1120. The number of hydrogen-bond acceptors (Lipinski definition) is 5. The fraction of sp³-hybridized carbons (Fsp3) is 0.480. The molecule has 5 aliphatic rings. The zero-order valence-corrected chi connectivity index (χ0v) is 17.0. The first-order chi connectivity index (χ1) is 14.4. The summed E-state index contributed by atoms with van der Waals surface area (Å²) in [5, 5.41) is 23.1. The molecule has 5 nitrogen and oxygen atoms in total. The number of benzene rings is 2. The van der Waals surface area contributed by atoms with E-state index in [9.17, 15) is 15.0 Å². The molecule has 4 atom stereocenters. The summed E-state index contributed by atoms with van der Waals surface area (Å²) >= 11 is 0. The van der Waals surface area contributed by atoms with Gasteiger partial charge in [-0.2, -0.15) is 0 Å². The molecule has 1 saturated carbocycles. The fourth-order valence-corrected chi connectivity index (χ4v) is 7.79. The first-order valence-electron chi connectivity index (χ1n) is 11.0. The van der Waals surface area contributed by atoms with Gasteiger partial charge in [0.1, 0.15) is 0 Å². The molecule has 1 unspecified atom stereocenters. The second-order valence-corrected chi connectivity index (χ2v) is 10.2. The Morgan fingerprint density at radius 2 is 1.83 bits per heavy atom. The molecular formula is C25H25NO4. The molecule has 2 aromatic rings. The van der Waals surface area contributed by atoms with E-state index in [4.69, 9.17) is 4.74 Å². The highest BCUT2D eigenvalue weighted by Crippen LogP contribution is 2.68. The molecule has 0 radical (unpaired) electrons. The molecule has 0 amide bonds. The summed E-state index contributed by atoms with van der Waals surface area (Å²) in [5.41, 5.74) is 1.95. The quantitative estimate of drug-likeness (QED) is 0.705. The molecule has 154 valence electrons. The number of piperidine rings is 1. The summed E-state index contributed by atoms with van der Waals surface area (Å²) in [6.07, 6.45) is 2.42. The zero-order valence-electron chi connectivity index (χ0n) is 17.0. The minimum absolute atomic E-state index is 0.0611. The lowest BCUT2D eigenvalue weighted by molar-refractivity contribution is -0.206. The minimum atomic E-state index is -1.06. The lowest BCUT2D eigenvalue weighted by Gasteiger charge is -2.64. The number of ketones is 1. The number of rotatable bonds is 0. The van der Waals surface area contributed by atoms with Crippen LogP contribution in [0.5, 0.6) is 11.5 Å². The molecule has 1 saturated heterocycles. The van der Waals surface area contributed by atoms with Crippen LogP contribution in [0, 0.1) is 5.41 Å². The Morgan fingerprint density at radius 3 is 2.57 bits per heavy atom. The van der Waals surface area contributed by atoms with Gasteiger partial charge in [-0.3, -0.25) is 4.79 Å². The second-order valence-electron chi connectivity index (χ2n) is 10.2. The summed E-state index contributed by atoms with van der Waals surface area (Å²) in [5.74, 6) is 0.615. The first-order valence-corrected chi connectivity index (χ1v) is 11.0. The van der Waals surface area contributed by atoms with Gasteiger partial charge in [0.05, 0.1) is 11.0 Å². The van der Waals surface area contributed by atoms with Gasteiger partial charge in [0.2, 0.25) is 0 Å². The van der Waals surface area contributed by atoms with Crippen molar-refractivity contribution in [1.82, 2.24) is 4.90 Å². The summed E-state index contributed by atoms with van der Waals surface area (Å²) in [6, 6.07) is 11.8. The third-order valence-electron chi connectivity index (χ3n) is 9.03. The Kier molecular flexibility index (Phi) is 2.94. The molecule has 2 N–H and O–H groups in total. The van der Waals surface area contributed by atoms with Crippen LogP contribution in [0.25, 0.3) is 0 Å². The molecule has 5 heteroatoms.